The summed E-state index contributed by atoms with van der Waals surface area (Å²) < 4.78 is 10.3. The summed E-state index contributed by atoms with van der Waals surface area (Å²) in [5.74, 6) is 1.24. The van der Waals surface area contributed by atoms with E-state index in [1.54, 1.807) is 18.2 Å². The Labute approximate surface area is 131 Å². The molecule has 0 aromatic heterocycles. The third-order valence-electron chi connectivity index (χ3n) is 3.29. The van der Waals surface area contributed by atoms with Crippen LogP contribution in [0.1, 0.15) is 31.9 Å². The van der Waals surface area contributed by atoms with Gasteiger partial charge in [-0.3, -0.25) is 4.79 Å². The molecule has 0 aliphatic carbocycles. The SMILES string of the molecule is COc1cc(OC)cc(C(O)CNC(=O)[C@@H](N)CC(C)C)c1. The number of aliphatic hydroxyl groups is 1. The zero-order chi connectivity index (χ0) is 16.7. The lowest BCUT2D eigenvalue weighted by Crippen LogP contribution is -2.42. The summed E-state index contributed by atoms with van der Waals surface area (Å²) in [5.41, 5.74) is 6.41. The minimum absolute atomic E-state index is 0.0843. The van der Waals surface area contributed by atoms with Crippen LogP contribution in [0.3, 0.4) is 0 Å². The molecule has 0 aliphatic rings. The first-order valence-corrected chi connectivity index (χ1v) is 7.31. The van der Waals surface area contributed by atoms with Crippen LogP contribution in [0.2, 0.25) is 0 Å². The number of nitrogens with one attached hydrogen (secondary N) is 1. The zero-order valence-corrected chi connectivity index (χ0v) is 13.6. The Kier molecular flexibility index (Phi) is 7.14. The summed E-state index contributed by atoms with van der Waals surface area (Å²) in [6.07, 6.45) is -0.256. The molecule has 0 aliphatic heterocycles. The molecule has 4 N–H and O–H groups in total. The van der Waals surface area contributed by atoms with E-state index in [-0.39, 0.29) is 12.5 Å². The van der Waals surface area contributed by atoms with Crippen molar-refractivity contribution in [2.75, 3.05) is 20.8 Å². The molecule has 124 valence electrons. The number of methoxy groups -OCH3 is 2. The Bertz CT molecular complexity index is 469. The molecule has 6 heteroatoms. The van der Waals surface area contributed by atoms with Crippen molar-refractivity contribution >= 4 is 5.91 Å². The Balaban J connectivity index is 2.65. The van der Waals surface area contributed by atoms with Gasteiger partial charge in [-0.15, -0.1) is 0 Å². The molecule has 0 fully saturated rings. The Morgan fingerprint density at radius 1 is 1.23 bits per heavy atom. The molecule has 0 bridgehead atoms. The average Bonchev–Trinajstić information content (AvgIpc) is 2.50. The topological polar surface area (TPSA) is 93.8 Å². The molecule has 0 heterocycles. The van der Waals surface area contributed by atoms with Gasteiger partial charge in [0.05, 0.1) is 26.4 Å². The number of hydrogen-bond acceptors (Lipinski definition) is 5. The second kappa shape index (κ2) is 8.60. The fraction of sp³-hybridized carbons (Fsp3) is 0.562. The van der Waals surface area contributed by atoms with Crippen molar-refractivity contribution < 1.29 is 19.4 Å². The quantitative estimate of drug-likeness (QED) is 0.671. The molecule has 1 rings (SSSR count). The van der Waals surface area contributed by atoms with Crippen LogP contribution in [0, 0.1) is 5.92 Å². The Morgan fingerprint density at radius 2 is 1.77 bits per heavy atom. The number of benzene rings is 1. The molecule has 0 saturated carbocycles. The molecule has 0 radical (unpaired) electrons. The molecular weight excluding hydrogens is 284 g/mol. The third kappa shape index (κ3) is 5.54. The molecule has 0 saturated heterocycles. The minimum atomic E-state index is -0.862. The van der Waals surface area contributed by atoms with E-state index in [1.165, 1.54) is 14.2 Å². The van der Waals surface area contributed by atoms with Gasteiger partial charge in [-0.25, -0.2) is 0 Å². The van der Waals surface area contributed by atoms with Crippen molar-refractivity contribution in [3.63, 3.8) is 0 Å². The maximum absolute atomic E-state index is 11.9. The number of aliphatic hydroxyl groups excluding tert-OH is 1. The maximum atomic E-state index is 11.9. The van der Waals surface area contributed by atoms with Gasteiger partial charge in [0.2, 0.25) is 5.91 Å². The van der Waals surface area contributed by atoms with Crippen molar-refractivity contribution in [1.82, 2.24) is 5.32 Å². The van der Waals surface area contributed by atoms with Gasteiger partial charge in [0.1, 0.15) is 11.5 Å². The van der Waals surface area contributed by atoms with Gasteiger partial charge in [-0.05, 0) is 30.0 Å². The lowest BCUT2D eigenvalue weighted by Gasteiger charge is -2.17. The third-order valence-corrected chi connectivity index (χ3v) is 3.29. The molecule has 1 amide bonds. The number of carbonyl (C=O) groups excluding carboxylic acids is 1. The van der Waals surface area contributed by atoms with Gasteiger partial charge < -0.3 is 25.6 Å². The molecular formula is C16H26N2O4. The molecule has 1 aromatic carbocycles. The van der Waals surface area contributed by atoms with E-state index in [9.17, 15) is 9.90 Å². The predicted molar refractivity (Wildman–Crippen MR) is 84.9 cm³/mol. The molecule has 6 nitrogen and oxygen atoms in total. The van der Waals surface area contributed by atoms with Crippen LogP contribution in [0.4, 0.5) is 0 Å². The molecule has 1 unspecified atom stereocenters. The number of carbonyl (C=O) groups is 1. The normalized spacial score (nSPS) is 13.6. The van der Waals surface area contributed by atoms with Crippen LogP contribution in [0.5, 0.6) is 11.5 Å². The lowest BCUT2D eigenvalue weighted by molar-refractivity contribution is -0.123. The van der Waals surface area contributed by atoms with Crippen molar-refractivity contribution in [2.24, 2.45) is 11.7 Å². The van der Waals surface area contributed by atoms with Crippen LogP contribution < -0.4 is 20.5 Å². The molecule has 2 atom stereocenters. The van der Waals surface area contributed by atoms with E-state index in [4.69, 9.17) is 15.2 Å². The van der Waals surface area contributed by atoms with Crippen LogP contribution in [-0.4, -0.2) is 37.8 Å². The monoisotopic (exact) mass is 310 g/mol. The van der Waals surface area contributed by atoms with E-state index in [0.29, 0.717) is 29.4 Å². The summed E-state index contributed by atoms with van der Waals surface area (Å²) in [6, 6.07) is 4.56. The van der Waals surface area contributed by atoms with Crippen molar-refractivity contribution in [2.45, 2.75) is 32.4 Å². The molecule has 1 aromatic rings. The standard InChI is InChI=1S/C16H26N2O4/c1-10(2)5-14(17)16(20)18-9-15(19)11-6-12(21-3)8-13(7-11)22-4/h6-8,10,14-15,19H,5,9,17H2,1-4H3,(H,18,20)/t14-,15?/m0/s1. The van der Waals surface area contributed by atoms with E-state index in [0.717, 1.165) is 0 Å². The van der Waals surface area contributed by atoms with Gasteiger partial charge in [0, 0.05) is 12.6 Å². The van der Waals surface area contributed by atoms with Crippen molar-refractivity contribution in [3.8, 4) is 11.5 Å². The zero-order valence-electron chi connectivity index (χ0n) is 13.6. The Hall–Kier alpha value is -1.79. The fourth-order valence-corrected chi connectivity index (χ4v) is 2.08. The first-order chi connectivity index (χ1) is 10.4. The summed E-state index contributed by atoms with van der Waals surface area (Å²) in [4.78, 5) is 11.9. The number of amides is 1. The average molecular weight is 310 g/mol. The first kappa shape index (κ1) is 18.3. The largest absolute Gasteiger partial charge is 0.497 e. The van der Waals surface area contributed by atoms with Crippen LogP contribution in [-0.2, 0) is 4.79 Å². The fourth-order valence-electron chi connectivity index (χ4n) is 2.08. The number of hydrogen-bond donors (Lipinski definition) is 3. The van der Waals surface area contributed by atoms with Crippen molar-refractivity contribution in [3.05, 3.63) is 23.8 Å². The summed E-state index contributed by atoms with van der Waals surface area (Å²) in [7, 11) is 3.08. The first-order valence-electron chi connectivity index (χ1n) is 7.31. The summed E-state index contributed by atoms with van der Waals surface area (Å²) in [5, 5.41) is 12.9. The highest BCUT2D eigenvalue weighted by atomic mass is 16.5. The van der Waals surface area contributed by atoms with E-state index in [1.807, 2.05) is 13.8 Å². The van der Waals surface area contributed by atoms with Gasteiger partial charge in [-0.1, -0.05) is 13.8 Å². The minimum Gasteiger partial charge on any atom is -0.497 e. The van der Waals surface area contributed by atoms with Gasteiger partial charge >= 0.3 is 0 Å². The van der Waals surface area contributed by atoms with Crippen LogP contribution in [0.15, 0.2) is 18.2 Å². The Morgan fingerprint density at radius 3 is 2.23 bits per heavy atom. The highest BCUT2D eigenvalue weighted by molar-refractivity contribution is 5.81. The number of nitrogens with two attached hydrogens (primary N) is 1. The van der Waals surface area contributed by atoms with E-state index < -0.39 is 12.1 Å². The number of rotatable bonds is 8. The second-order valence-corrected chi connectivity index (χ2v) is 5.64. The summed E-state index contributed by atoms with van der Waals surface area (Å²) in [6.45, 7) is 4.09. The maximum Gasteiger partial charge on any atom is 0.237 e. The van der Waals surface area contributed by atoms with Crippen LogP contribution in [0.25, 0.3) is 0 Å². The second-order valence-electron chi connectivity index (χ2n) is 5.64. The van der Waals surface area contributed by atoms with Crippen molar-refractivity contribution in [1.29, 1.82) is 0 Å². The van der Waals surface area contributed by atoms with Gasteiger partial charge in [0.15, 0.2) is 0 Å². The van der Waals surface area contributed by atoms with Gasteiger partial charge in [-0.2, -0.15) is 0 Å². The van der Waals surface area contributed by atoms with Gasteiger partial charge in [0.25, 0.3) is 0 Å². The van der Waals surface area contributed by atoms with E-state index in [2.05, 4.69) is 5.32 Å². The highest BCUT2D eigenvalue weighted by Gasteiger charge is 2.17. The number of ether oxygens (including phenoxy) is 2. The molecule has 0 spiro atoms. The predicted octanol–water partition coefficient (Wildman–Crippen LogP) is 1.23. The highest BCUT2D eigenvalue weighted by Crippen LogP contribution is 2.26. The lowest BCUT2D eigenvalue weighted by atomic mass is 10.0. The summed E-state index contributed by atoms with van der Waals surface area (Å²) >= 11 is 0. The molecule has 22 heavy (non-hydrogen) atoms. The van der Waals surface area contributed by atoms with E-state index >= 15 is 0 Å². The smallest absolute Gasteiger partial charge is 0.237 e. The van der Waals surface area contributed by atoms with Crippen LogP contribution >= 0.6 is 0 Å².